The number of hydrogen-bond donors (Lipinski definition) is 0. The van der Waals surface area contributed by atoms with Crippen molar-refractivity contribution in [3.63, 3.8) is 0 Å². The van der Waals surface area contributed by atoms with Crippen LogP contribution in [0, 0.1) is 22.7 Å². The Hall–Kier alpha value is -9.78. The molecule has 358 valence electrons. The van der Waals surface area contributed by atoms with Crippen LogP contribution in [-0.4, -0.2) is 98.2 Å². The van der Waals surface area contributed by atoms with Gasteiger partial charge in [0.05, 0.1) is 22.2 Å². The van der Waals surface area contributed by atoms with Crippen molar-refractivity contribution < 1.29 is 4.42 Å². The fraction of sp³-hybridized carbons (Fsp3) is 0. The first-order chi connectivity index (χ1) is 38.6. The van der Waals surface area contributed by atoms with Crippen molar-refractivity contribution in [3.8, 4) is 12.1 Å². The quantitative estimate of drug-likeness (QED) is 0.159. The highest BCUT2D eigenvalue weighted by atomic mass is 16.3. The third-order valence-corrected chi connectivity index (χ3v) is 16.8. The molecule has 0 bridgehead atoms. The summed E-state index contributed by atoms with van der Waals surface area (Å²) in [5, 5.41) is 25.0. The van der Waals surface area contributed by atoms with Gasteiger partial charge in [-0.2, -0.15) is 10.5 Å². The van der Waals surface area contributed by atoms with Gasteiger partial charge >= 0.3 is 55.9 Å². The number of fused-ring (bicyclic) bond motifs is 22. The molecule has 0 amide bonds. The SMILES string of the molecule is N#CC1=CN2B(C=C1)N1C=CC=CB1N1C=CC(c3ccc(C4=CN5B(C=C4)N4C=CC(n6c7ccccc7c7ccccc76)=CB4N4C=CC=CB4N4C=C(C#N)C=CB45)c4c3oc3ccccc34)=CB1N1C=CC=CB12. The highest BCUT2D eigenvalue weighted by Crippen LogP contribution is 2.43. The zero-order valence-corrected chi connectivity index (χ0v) is 42.1. The second kappa shape index (κ2) is 17.4. The standard InChI is InChI=1S/C58H41B8N11O/c67-39-44-21-29-62-69-32-10-7-26-59(69)72-35-24-46(37-65(72)70-33-11-8-27-60(70)74(62)41-44)50-20-19-49(57-53-15-3-6-18-56(53)78-58(50)57)47-23-31-63-73-36-25-48(77-54-16-4-1-13-51(54)52-14-2-5-17-55(52)77)38-66(73)71-34-12-9-28-61(71)75-42-45(40-68)22-30-64(75)76(63)43-47/h1-38,41-43H. The molecule has 0 aliphatic carbocycles. The second-order valence-corrected chi connectivity index (χ2v) is 20.8. The summed E-state index contributed by atoms with van der Waals surface area (Å²) in [7, 11) is 0. The molecule has 20 heteroatoms. The molecule has 4 aromatic carbocycles. The Morgan fingerprint density at radius 3 is 1.51 bits per heavy atom. The number of allylic oxidation sites excluding steroid dienone is 16. The Morgan fingerprint density at radius 1 is 0.385 bits per heavy atom. The number of rotatable bonds is 3. The van der Waals surface area contributed by atoms with Gasteiger partial charge in [0.25, 0.3) is 0 Å². The van der Waals surface area contributed by atoms with Crippen molar-refractivity contribution in [2.45, 2.75) is 0 Å². The summed E-state index contributed by atoms with van der Waals surface area (Å²) >= 11 is 0. The lowest BCUT2D eigenvalue weighted by Crippen LogP contribution is -2.73. The van der Waals surface area contributed by atoms with Gasteiger partial charge in [-0.15, -0.1) is 0 Å². The summed E-state index contributed by atoms with van der Waals surface area (Å²) in [5.74, 6) is 18.1. The maximum absolute atomic E-state index is 10.4. The van der Waals surface area contributed by atoms with E-state index < -0.39 is 0 Å². The molecular weight excluding hydrogens is 953 g/mol. The number of hydrogen-bond acceptors (Lipinski definition) is 11. The van der Waals surface area contributed by atoms with Crippen LogP contribution in [0.5, 0.6) is 0 Å². The molecule has 0 N–H and O–H groups in total. The van der Waals surface area contributed by atoms with E-state index in [9.17, 15) is 10.5 Å². The highest BCUT2D eigenvalue weighted by molar-refractivity contribution is 6.93. The largest absolute Gasteiger partial charge is 0.455 e. The van der Waals surface area contributed by atoms with Gasteiger partial charge in [-0.1, -0.05) is 145 Å². The Balaban J connectivity index is 0.819. The van der Waals surface area contributed by atoms with Crippen molar-refractivity contribution >= 4 is 116 Å². The van der Waals surface area contributed by atoms with Crippen molar-refractivity contribution in [1.82, 2.24) is 42.3 Å². The fourth-order valence-electron chi connectivity index (χ4n) is 13.3. The van der Waals surface area contributed by atoms with Crippen LogP contribution < -0.4 is 0 Å². The van der Waals surface area contributed by atoms with Crippen LogP contribution in [0.3, 0.4) is 0 Å². The van der Waals surface area contributed by atoms with Crippen molar-refractivity contribution in [2.24, 2.45) is 0 Å². The van der Waals surface area contributed by atoms with Crippen molar-refractivity contribution in [2.75, 3.05) is 0 Å². The summed E-state index contributed by atoms with van der Waals surface area (Å²) < 4.78 is 28.5. The number of para-hydroxylation sites is 3. The van der Waals surface area contributed by atoms with Gasteiger partial charge in [0, 0.05) is 32.8 Å². The minimum absolute atomic E-state index is 0.103. The lowest BCUT2D eigenvalue weighted by atomic mass is 9.41. The fourth-order valence-corrected chi connectivity index (χ4v) is 13.3. The average molecular weight is 995 g/mol. The molecule has 0 spiro atoms. The Bertz CT molecular complexity index is 4200. The Labute approximate surface area is 455 Å². The smallest absolute Gasteiger partial charge is 0.382 e. The summed E-state index contributed by atoms with van der Waals surface area (Å²) in [5.41, 5.74) is 10.4. The van der Waals surface area contributed by atoms with Crippen LogP contribution in [0.2, 0.25) is 0 Å². The first kappa shape index (κ1) is 44.5. The van der Waals surface area contributed by atoms with Gasteiger partial charge in [0.2, 0.25) is 0 Å². The normalized spacial score (nSPS) is 19.4. The van der Waals surface area contributed by atoms with Gasteiger partial charge in [-0.25, -0.2) is 0 Å². The number of nitriles is 2. The minimum atomic E-state index is -0.251. The summed E-state index contributed by atoms with van der Waals surface area (Å²) in [6.07, 6.45) is 40.6. The van der Waals surface area contributed by atoms with Gasteiger partial charge in [-0.3, -0.25) is 0 Å². The van der Waals surface area contributed by atoms with E-state index >= 15 is 0 Å². The molecule has 10 aliphatic rings. The first-order valence-electron chi connectivity index (χ1n) is 26.6. The molecular formula is C58H41B8N11O. The molecule has 2 saturated heterocycles. The summed E-state index contributed by atoms with van der Waals surface area (Å²) in [4.78, 5) is 0. The molecule has 0 saturated carbocycles. The number of aromatic nitrogens is 1. The number of benzene rings is 4. The van der Waals surface area contributed by atoms with Gasteiger partial charge in [0.1, 0.15) is 23.3 Å². The van der Waals surface area contributed by atoms with Crippen molar-refractivity contribution in [1.29, 1.82) is 10.5 Å². The third kappa shape index (κ3) is 6.62. The molecule has 12 nitrogen and oxygen atoms in total. The van der Waals surface area contributed by atoms with Gasteiger partial charge in [0.15, 0.2) is 0 Å². The average Bonchev–Trinajstić information content (AvgIpc) is 4.07. The second-order valence-electron chi connectivity index (χ2n) is 20.8. The van der Waals surface area contributed by atoms with E-state index in [4.69, 9.17) is 4.42 Å². The monoisotopic (exact) mass is 995 g/mol. The third-order valence-electron chi connectivity index (χ3n) is 16.8. The van der Waals surface area contributed by atoms with E-state index in [1.807, 2.05) is 30.6 Å². The number of nitrogens with zero attached hydrogens (tertiary/aromatic N) is 11. The van der Waals surface area contributed by atoms with Gasteiger partial charge < -0.3 is 46.8 Å². The van der Waals surface area contributed by atoms with Crippen LogP contribution in [0.1, 0.15) is 11.1 Å². The van der Waals surface area contributed by atoms with Crippen LogP contribution in [-0.2, 0) is 0 Å². The van der Waals surface area contributed by atoms with E-state index in [0.29, 0.717) is 11.1 Å². The summed E-state index contributed by atoms with van der Waals surface area (Å²) in [6, 6.07) is 35.0. The Morgan fingerprint density at radius 2 is 0.872 bits per heavy atom. The molecule has 12 heterocycles. The lowest BCUT2D eigenvalue weighted by molar-refractivity contribution is 0.621. The minimum Gasteiger partial charge on any atom is -0.455 e. The van der Waals surface area contributed by atoms with Gasteiger partial charge in [-0.05, 0) is 121 Å². The molecule has 0 atom stereocenters. The zero-order chi connectivity index (χ0) is 51.6. The van der Waals surface area contributed by atoms with Crippen molar-refractivity contribution in [3.05, 3.63) is 271 Å². The summed E-state index contributed by atoms with van der Waals surface area (Å²) in [6.45, 7) is -1.49. The van der Waals surface area contributed by atoms with E-state index in [2.05, 4.69) is 273 Å². The molecule has 10 aliphatic heterocycles. The van der Waals surface area contributed by atoms with Crippen LogP contribution in [0.25, 0.3) is 60.6 Å². The highest BCUT2D eigenvalue weighted by Gasteiger charge is 2.53. The van der Waals surface area contributed by atoms with E-state index in [-0.39, 0.29) is 55.9 Å². The predicted octanol–water partition coefficient (Wildman–Crippen LogP) is 9.45. The maximum Gasteiger partial charge on any atom is 0.382 e. The number of furan rings is 1. The van der Waals surface area contributed by atoms with E-state index in [1.165, 1.54) is 10.8 Å². The van der Waals surface area contributed by atoms with Crippen LogP contribution in [0.4, 0.5) is 0 Å². The molecule has 2 fully saturated rings. The van der Waals surface area contributed by atoms with E-state index in [0.717, 1.165) is 60.9 Å². The first-order valence-corrected chi connectivity index (χ1v) is 26.6. The van der Waals surface area contributed by atoms with Crippen LogP contribution in [0.15, 0.2) is 265 Å². The Kier molecular flexibility index (Phi) is 9.92. The topological polar surface area (TPSA) is 91.6 Å². The molecule has 2 aromatic heterocycles. The molecule has 16 rings (SSSR count). The van der Waals surface area contributed by atoms with E-state index in [1.54, 1.807) is 0 Å². The molecule has 0 radical (unpaired) electrons. The molecule has 0 unspecified atom stereocenters. The molecule has 6 aromatic rings. The predicted molar refractivity (Wildman–Crippen MR) is 322 cm³/mol. The molecule has 78 heavy (non-hydrogen) atoms. The van der Waals surface area contributed by atoms with Crippen LogP contribution >= 0.6 is 0 Å². The maximum atomic E-state index is 10.4. The lowest BCUT2D eigenvalue weighted by Gasteiger charge is -2.53. The zero-order valence-electron chi connectivity index (χ0n) is 42.1.